The zero-order valence-corrected chi connectivity index (χ0v) is 9.59. The van der Waals surface area contributed by atoms with Crippen molar-refractivity contribution in [3.8, 4) is 11.8 Å². The Balaban J connectivity index is 3.20. The van der Waals surface area contributed by atoms with E-state index >= 15 is 0 Å². The first kappa shape index (κ1) is 11.5. The van der Waals surface area contributed by atoms with Crippen molar-refractivity contribution in [2.75, 3.05) is 14.2 Å². The van der Waals surface area contributed by atoms with Gasteiger partial charge in [0.2, 0.25) is 0 Å². The first-order valence-corrected chi connectivity index (χ1v) is 4.86. The molecule has 80 valence electrons. The van der Waals surface area contributed by atoms with E-state index in [1.54, 1.807) is 14.2 Å². The normalized spacial score (nSPS) is 11.9. The summed E-state index contributed by atoms with van der Waals surface area (Å²) in [6.07, 6.45) is 0. The number of rotatable bonds is 3. The molecule has 15 heavy (non-hydrogen) atoms. The fraction of sp³-hybridized carbons (Fsp3) is 0.417. The molecule has 0 heterocycles. The third-order valence-electron chi connectivity index (χ3n) is 2.44. The monoisotopic (exact) mass is 204 g/mol. The van der Waals surface area contributed by atoms with E-state index in [0.29, 0.717) is 0 Å². The number of benzene rings is 1. The van der Waals surface area contributed by atoms with Gasteiger partial charge in [-0.3, -0.25) is 0 Å². The highest BCUT2D eigenvalue weighted by atomic mass is 16.5. The zero-order chi connectivity index (χ0) is 11.4. The van der Waals surface area contributed by atoms with Gasteiger partial charge >= 0.3 is 0 Å². The second-order valence-corrected chi connectivity index (χ2v) is 3.54. The average Bonchev–Trinajstić information content (AvgIpc) is 2.19. The Labute approximate surface area is 90.7 Å². The predicted octanol–water partition coefficient (Wildman–Crippen LogP) is 2.10. The summed E-state index contributed by atoms with van der Waals surface area (Å²) >= 11 is 0. The molecule has 3 nitrogen and oxygen atoms in total. The molecule has 0 fully saturated rings. The second kappa shape index (κ2) is 4.81. The van der Waals surface area contributed by atoms with Gasteiger partial charge in [-0.05, 0) is 49.7 Å². The fourth-order valence-electron chi connectivity index (χ4n) is 1.78. The third kappa shape index (κ3) is 2.28. The summed E-state index contributed by atoms with van der Waals surface area (Å²) < 4.78 is 5.27. The van der Waals surface area contributed by atoms with E-state index < -0.39 is 0 Å². The summed E-state index contributed by atoms with van der Waals surface area (Å²) in [4.78, 5) is 0. The summed E-state index contributed by atoms with van der Waals surface area (Å²) in [7, 11) is 3.44. The van der Waals surface area contributed by atoms with E-state index in [4.69, 9.17) is 10.00 Å². The number of aryl methyl sites for hydroxylation is 2. The van der Waals surface area contributed by atoms with Gasteiger partial charge in [0.05, 0.1) is 13.2 Å². The van der Waals surface area contributed by atoms with E-state index in [-0.39, 0.29) is 6.04 Å². The SMILES string of the molecule is CNC(C#N)c1cc(C)c(OC)c(C)c1. The minimum atomic E-state index is -0.256. The molecule has 0 saturated carbocycles. The molecule has 1 rings (SSSR count). The predicted molar refractivity (Wildman–Crippen MR) is 59.9 cm³/mol. The lowest BCUT2D eigenvalue weighted by atomic mass is 10.0. The number of nitrogens with one attached hydrogen (secondary N) is 1. The van der Waals surface area contributed by atoms with Gasteiger partial charge in [0.1, 0.15) is 11.8 Å². The Morgan fingerprint density at radius 3 is 2.20 bits per heavy atom. The van der Waals surface area contributed by atoms with Crippen molar-refractivity contribution >= 4 is 0 Å². The minimum Gasteiger partial charge on any atom is -0.496 e. The number of nitriles is 1. The molecule has 0 bridgehead atoms. The maximum atomic E-state index is 8.94. The Morgan fingerprint density at radius 1 is 1.33 bits per heavy atom. The largest absolute Gasteiger partial charge is 0.496 e. The van der Waals surface area contributed by atoms with Gasteiger partial charge in [-0.25, -0.2) is 0 Å². The molecule has 1 unspecified atom stereocenters. The maximum Gasteiger partial charge on any atom is 0.124 e. The Kier molecular flexibility index (Phi) is 3.70. The van der Waals surface area contributed by atoms with Gasteiger partial charge in [-0.15, -0.1) is 0 Å². The van der Waals surface area contributed by atoms with Crippen molar-refractivity contribution in [2.45, 2.75) is 19.9 Å². The third-order valence-corrected chi connectivity index (χ3v) is 2.44. The van der Waals surface area contributed by atoms with Gasteiger partial charge in [0.25, 0.3) is 0 Å². The van der Waals surface area contributed by atoms with Crippen molar-refractivity contribution in [2.24, 2.45) is 0 Å². The maximum absolute atomic E-state index is 8.94. The van der Waals surface area contributed by atoms with Crippen LogP contribution in [0.1, 0.15) is 22.7 Å². The standard InChI is InChI=1S/C12H16N2O/c1-8-5-10(11(7-13)14-3)6-9(2)12(8)15-4/h5-6,11,14H,1-4H3. The van der Waals surface area contributed by atoms with Crippen LogP contribution in [0.5, 0.6) is 5.75 Å². The van der Waals surface area contributed by atoms with Gasteiger partial charge in [-0.1, -0.05) is 0 Å². The lowest BCUT2D eigenvalue weighted by molar-refractivity contribution is 0.408. The van der Waals surface area contributed by atoms with Crippen molar-refractivity contribution in [1.82, 2.24) is 5.32 Å². The Hall–Kier alpha value is -1.53. The van der Waals surface area contributed by atoms with Gasteiger partial charge in [0.15, 0.2) is 0 Å². The molecule has 0 amide bonds. The van der Waals surface area contributed by atoms with Crippen molar-refractivity contribution in [1.29, 1.82) is 5.26 Å². The average molecular weight is 204 g/mol. The Morgan fingerprint density at radius 2 is 1.87 bits per heavy atom. The summed E-state index contributed by atoms with van der Waals surface area (Å²) in [5.74, 6) is 0.895. The number of methoxy groups -OCH3 is 1. The van der Waals surface area contributed by atoms with E-state index in [1.165, 1.54) is 0 Å². The smallest absolute Gasteiger partial charge is 0.124 e. The molecule has 0 saturated heterocycles. The van der Waals surface area contributed by atoms with Crippen LogP contribution in [0.25, 0.3) is 0 Å². The highest BCUT2D eigenvalue weighted by Gasteiger charge is 2.11. The van der Waals surface area contributed by atoms with Crippen LogP contribution in [0, 0.1) is 25.2 Å². The molecular weight excluding hydrogens is 188 g/mol. The summed E-state index contributed by atoms with van der Waals surface area (Å²) in [6, 6.07) is 5.92. The first-order chi connectivity index (χ1) is 7.13. The lowest BCUT2D eigenvalue weighted by Gasteiger charge is -2.14. The van der Waals surface area contributed by atoms with Crippen LogP contribution in [0.3, 0.4) is 0 Å². The van der Waals surface area contributed by atoms with E-state index in [9.17, 15) is 0 Å². The number of nitrogens with zero attached hydrogens (tertiary/aromatic N) is 1. The van der Waals surface area contributed by atoms with Gasteiger partial charge < -0.3 is 10.1 Å². The summed E-state index contributed by atoms with van der Waals surface area (Å²) in [5, 5.41) is 11.9. The van der Waals surface area contributed by atoms with Crippen LogP contribution in [0.2, 0.25) is 0 Å². The van der Waals surface area contributed by atoms with Crippen LogP contribution in [0.15, 0.2) is 12.1 Å². The van der Waals surface area contributed by atoms with Crippen LogP contribution in [-0.2, 0) is 0 Å². The molecule has 0 aromatic heterocycles. The quantitative estimate of drug-likeness (QED) is 0.820. The van der Waals surface area contributed by atoms with Crippen molar-refractivity contribution in [3.63, 3.8) is 0 Å². The van der Waals surface area contributed by atoms with Crippen molar-refractivity contribution < 1.29 is 4.74 Å². The fourth-order valence-corrected chi connectivity index (χ4v) is 1.78. The summed E-state index contributed by atoms with van der Waals surface area (Å²) in [6.45, 7) is 3.97. The van der Waals surface area contributed by atoms with Gasteiger partial charge in [0, 0.05) is 0 Å². The molecule has 0 aliphatic carbocycles. The molecule has 1 aromatic rings. The van der Waals surface area contributed by atoms with E-state index in [2.05, 4.69) is 11.4 Å². The van der Waals surface area contributed by atoms with E-state index in [0.717, 1.165) is 22.4 Å². The molecule has 0 spiro atoms. The number of ether oxygens (including phenoxy) is 1. The molecule has 1 N–H and O–H groups in total. The summed E-state index contributed by atoms with van der Waals surface area (Å²) in [5.41, 5.74) is 3.10. The molecule has 0 aliphatic heterocycles. The molecular formula is C12H16N2O. The molecule has 0 aliphatic rings. The first-order valence-electron chi connectivity index (χ1n) is 4.86. The topological polar surface area (TPSA) is 45.0 Å². The van der Waals surface area contributed by atoms with Crippen LogP contribution in [-0.4, -0.2) is 14.2 Å². The minimum absolute atomic E-state index is 0.256. The number of hydrogen-bond donors (Lipinski definition) is 1. The number of hydrogen-bond acceptors (Lipinski definition) is 3. The van der Waals surface area contributed by atoms with Crippen molar-refractivity contribution in [3.05, 3.63) is 28.8 Å². The highest BCUT2D eigenvalue weighted by Crippen LogP contribution is 2.26. The zero-order valence-electron chi connectivity index (χ0n) is 9.59. The molecule has 1 atom stereocenters. The molecule has 1 aromatic carbocycles. The molecule has 3 heteroatoms. The molecule has 0 radical (unpaired) electrons. The van der Waals surface area contributed by atoms with E-state index in [1.807, 2.05) is 26.0 Å². The van der Waals surface area contributed by atoms with Crippen LogP contribution in [0.4, 0.5) is 0 Å². The van der Waals surface area contributed by atoms with Crippen LogP contribution < -0.4 is 10.1 Å². The van der Waals surface area contributed by atoms with Gasteiger partial charge in [-0.2, -0.15) is 5.26 Å². The van der Waals surface area contributed by atoms with Crippen LogP contribution >= 0.6 is 0 Å². The highest BCUT2D eigenvalue weighted by molar-refractivity contribution is 5.45. The second-order valence-electron chi connectivity index (χ2n) is 3.54. The Bertz CT molecular complexity index is 370. The lowest BCUT2D eigenvalue weighted by Crippen LogP contribution is -2.14.